The summed E-state index contributed by atoms with van der Waals surface area (Å²) in [4.78, 5) is 2.98. The molecule has 0 unspecified atom stereocenters. The van der Waals surface area contributed by atoms with Gasteiger partial charge in [-0.15, -0.1) is 0 Å². The molecule has 0 radical (unpaired) electrons. The topological polar surface area (TPSA) is 3.24 Å². The van der Waals surface area contributed by atoms with Crippen LogP contribution in [0.2, 0.25) is 0 Å². The third-order valence-corrected chi connectivity index (χ3v) is 7.31. The van der Waals surface area contributed by atoms with Gasteiger partial charge in [0.1, 0.15) is 0 Å². The van der Waals surface area contributed by atoms with Crippen LogP contribution in [-0.2, 0) is 0 Å². The number of likely N-dealkylation sites (tertiary alicyclic amines) is 1. The number of hydrogen-bond donors (Lipinski definition) is 0. The number of nitrogens with zero attached hydrogens (tertiary/aromatic N) is 1. The average molecular weight is 302 g/mol. The summed E-state index contributed by atoms with van der Waals surface area (Å²) in [6.45, 7) is 2.83. The highest BCUT2D eigenvalue weighted by atomic mass is 15.2. The normalized spacial score (nSPS) is 36.7. The zero-order chi connectivity index (χ0) is 14.8. The quantitative estimate of drug-likeness (QED) is 0.569. The largest absolute Gasteiger partial charge is 0.297 e. The van der Waals surface area contributed by atoms with E-state index < -0.39 is 0 Å². The lowest BCUT2D eigenvalue weighted by atomic mass is 9.88. The van der Waals surface area contributed by atoms with Crippen molar-refractivity contribution in [3.05, 3.63) is 11.6 Å². The highest BCUT2D eigenvalue weighted by molar-refractivity contribution is 5.16. The molecule has 0 aromatic carbocycles. The maximum atomic E-state index is 2.98. The van der Waals surface area contributed by atoms with Gasteiger partial charge in [-0.3, -0.25) is 4.90 Å². The van der Waals surface area contributed by atoms with Gasteiger partial charge in [-0.2, -0.15) is 0 Å². The maximum Gasteiger partial charge on any atom is 0.0269 e. The molecule has 4 aliphatic rings. The second-order valence-electron chi connectivity index (χ2n) is 8.57. The molecule has 0 aromatic rings. The van der Waals surface area contributed by atoms with E-state index in [0.29, 0.717) is 5.54 Å². The fraction of sp³-hybridized carbons (Fsp3) is 0.905. The Balaban J connectivity index is 1.35. The predicted molar refractivity (Wildman–Crippen MR) is 94.0 cm³/mol. The summed E-state index contributed by atoms with van der Waals surface area (Å²) >= 11 is 0. The van der Waals surface area contributed by atoms with Crippen molar-refractivity contribution in [1.82, 2.24) is 4.90 Å². The monoisotopic (exact) mass is 301 g/mol. The van der Waals surface area contributed by atoms with E-state index >= 15 is 0 Å². The summed E-state index contributed by atoms with van der Waals surface area (Å²) < 4.78 is 0. The van der Waals surface area contributed by atoms with Crippen molar-refractivity contribution in [2.45, 2.75) is 95.4 Å². The molecule has 0 amide bonds. The van der Waals surface area contributed by atoms with E-state index in [-0.39, 0.29) is 0 Å². The van der Waals surface area contributed by atoms with Gasteiger partial charge in [-0.25, -0.2) is 0 Å². The van der Waals surface area contributed by atoms with Gasteiger partial charge in [-0.05, 0) is 95.6 Å². The molecule has 3 aliphatic carbocycles. The third-order valence-electron chi connectivity index (χ3n) is 7.31. The predicted octanol–water partition coefficient (Wildman–Crippen LogP) is 5.70. The Morgan fingerprint density at radius 3 is 2.55 bits per heavy atom. The van der Waals surface area contributed by atoms with Crippen LogP contribution in [-0.4, -0.2) is 23.5 Å². The fourth-order valence-electron chi connectivity index (χ4n) is 6.11. The van der Waals surface area contributed by atoms with Gasteiger partial charge < -0.3 is 0 Å². The zero-order valence-corrected chi connectivity index (χ0v) is 14.5. The Bertz CT molecular complexity index is 400. The molecule has 0 aromatic heterocycles. The Hall–Kier alpha value is -0.300. The Morgan fingerprint density at radius 2 is 1.82 bits per heavy atom. The molecule has 22 heavy (non-hydrogen) atoms. The van der Waals surface area contributed by atoms with Crippen molar-refractivity contribution < 1.29 is 0 Å². The molecule has 3 fully saturated rings. The van der Waals surface area contributed by atoms with Gasteiger partial charge in [0, 0.05) is 5.54 Å². The lowest BCUT2D eigenvalue weighted by Crippen LogP contribution is -2.46. The molecule has 0 bridgehead atoms. The van der Waals surface area contributed by atoms with Crippen LogP contribution in [0.25, 0.3) is 0 Å². The lowest BCUT2D eigenvalue weighted by molar-refractivity contribution is 0.0831. The summed E-state index contributed by atoms with van der Waals surface area (Å²) in [6, 6.07) is 0. The van der Waals surface area contributed by atoms with Crippen LogP contribution >= 0.6 is 0 Å². The maximum absolute atomic E-state index is 2.98. The van der Waals surface area contributed by atoms with Crippen LogP contribution in [0.1, 0.15) is 89.9 Å². The molecule has 0 spiro atoms. The molecule has 2 atom stereocenters. The molecule has 1 aliphatic heterocycles. The number of piperidine rings is 1. The van der Waals surface area contributed by atoms with Crippen molar-refractivity contribution in [2.75, 3.05) is 13.1 Å². The van der Waals surface area contributed by atoms with Crippen molar-refractivity contribution >= 4 is 0 Å². The van der Waals surface area contributed by atoms with Gasteiger partial charge in [0.2, 0.25) is 0 Å². The van der Waals surface area contributed by atoms with Crippen LogP contribution in [0.4, 0.5) is 0 Å². The first-order chi connectivity index (χ1) is 10.9. The molecule has 124 valence electrons. The van der Waals surface area contributed by atoms with E-state index in [4.69, 9.17) is 0 Å². The van der Waals surface area contributed by atoms with Crippen LogP contribution in [0.5, 0.6) is 0 Å². The number of allylic oxidation sites excluding steroid dienone is 2. The molecule has 1 heterocycles. The first kappa shape index (κ1) is 15.2. The average Bonchev–Trinajstić information content (AvgIpc) is 2.98. The fourth-order valence-corrected chi connectivity index (χ4v) is 6.11. The van der Waals surface area contributed by atoms with Crippen LogP contribution in [0.15, 0.2) is 11.6 Å². The van der Waals surface area contributed by atoms with Crippen molar-refractivity contribution in [2.24, 2.45) is 11.8 Å². The lowest BCUT2D eigenvalue weighted by Gasteiger charge is -2.40. The summed E-state index contributed by atoms with van der Waals surface area (Å²) in [5.41, 5.74) is 2.46. The van der Waals surface area contributed by atoms with E-state index in [1.807, 2.05) is 0 Å². The highest BCUT2D eigenvalue weighted by Gasteiger charge is 2.61. The van der Waals surface area contributed by atoms with E-state index in [2.05, 4.69) is 11.0 Å². The number of rotatable bonds is 6. The zero-order valence-electron chi connectivity index (χ0n) is 14.5. The van der Waals surface area contributed by atoms with Crippen molar-refractivity contribution in [1.29, 1.82) is 0 Å². The third kappa shape index (κ3) is 2.90. The van der Waals surface area contributed by atoms with Crippen molar-refractivity contribution in [3.8, 4) is 0 Å². The highest BCUT2D eigenvalue weighted by Crippen LogP contribution is 2.60. The Morgan fingerprint density at radius 1 is 1.00 bits per heavy atom. The summed E-state index contributed by atoms with van der Waals surface area (Å²) in [5, 5.41) is 0. The van der Waals surface area contributed by atoms with Crippen molar-refractivity contribution in [3.63, 3.8) is 0 Å². The number of hydrogen-bond acceptors (Lipinski definition) is 1. The molecule has 1 heteroatoms. The second-order valence-corrected chi connectivity index (χ2v) is 8.57. The minimum absolute atomic E-state index is 0.682. The van der Waals surface area contributed by atoms with E-state index in [1.54, 1.807) is 12.0 Å². The van der Waals surface area contributed by atoms with E-state index in [9.17, 15) is 0 Å². The van der Waals surface area contributed by atoms with Gasteiger partial charge in [0.25, 0.3) is 0 Å². The minimum atomic E-state index is 0.682. The molecule has 0 N–H and O–H groups in total. The first-order valence-corrected chi connectivity index (χ1v) is 10.3. The van der Waals surface area contributed by atoms with Gasteiger partial charge in [0.15, 0.2) is 0 Å². The molecule has 1 saturated heterocycles. The SMILES string of the molecule is C1=C(CCC[C@H]2C[C@]2(C2CCCC2)N2CCCCC2)CCC1. The Kier molecular flexibility index (Phi) is 4.62. The molecule has 4 rings (SSSR count). The first-order valence-electron chi connectivity index (χ1n) is 10.3. The molecular weight excluding hydrogens is 266 g/mol. The second kappa shape index (κ2) is 6.67. The summed E-state index contributed by atoms with van der Waals surface area (Å²) in [7, 11) is 0. The molecule has 1 nitrogen and oxygen atoms in total. The smallest absolute Gasteiger partial charge is 0.0269 e. The van der Waals surface area contributed by atoms with Crippen LogP contribution in [0, 0.1) is 11.8 Å². The van der Waals surface area contributed by atoms with Crippen LogP contribution < -0.4 is 0 Å². The standard InChI is InChI=1S/C21H35N/c1-6-15-22(16-7-1)21(19-12-4-5-13-19)17-20(21)14-8-11-18-9-2-3-10-18/h9,19-20H,1-8,10-17H2/t20-,21+/m0/s1. The van der Waals surface area contributed by atoms with E-state index in [0.717, 1.165) is 11.8 Å². The van der Waals surface area contributed by atoms with E-state index in [1.165, 1.54) is 96.6 Å². The minimum Gasteiger partial charge on any atom is -0.297 e. The summed E-state index contributed by atoms with van der Waals surface area (Å²) in [6.07, 6.45) is 23.2. The summed E-state index contributed by atoms with van der Waals surface area (Å²) in [5.74, 6) is 2.11. The molecule has 2 saturated carbocycles. The van der Waals surface area contributed by atoms with Gasteiger partial charge >= 0.3 is 0 Å². The molecular formula is C21H35N. The Labute approximate surface area is 137 Å². The van der Waals surface area contributed by atoms with Crippen LogP contribution in [0.3, 0.4) is 0 Å². The van der Waals surface area contributed by atoms with Gasteiger partial charge in [0.05, 0.1) is 0 Å². The van der Waals surface area contributed by atoms with Gasteiger partial charge in [-0.1, -0.05) is 30.9 Å².